The van der Waals surface area contributed by atoms with Crippen LogP contribution >= 0.6 is 23.2 Å². The molecule has 1 aliphatic rings. The molecule has 0 saturated carbocycles. The fraction of sp³-hybridized carbons (Fsp3) is 0.333. The highest BCUT2D eigenvalue weighted by Gasteiger charge is 2.36. The third kappa shape index (κ3) is 5.00. The van der Waals surface area contributed by atoms with Crippen LogP contribution in [0.4, 0.5) is 4.39 Å². The van der Waals surface area contributed by atoms with Crippen molar-refractivity contribution in [2.75, 3.05) is 26.2 Å². The van der Waals surface area contributed by atoms with Crippen LogP contribution in [0.1, 0.15) is 24.2 Å². The Bertz CT molecular complexity index is 911. The van der Waals surface area contributed by atoms with Gasteiger partial charge in [-0.15, -0.1) is 0 Å². The smallest absolute Gasteiger partial charge is 0.266 e. The van der Waals surface area contributed by atoms with Gasteiger partial charge in [0.05, 0.1) is 10.6 Å². The van der Waals surface area contributed by atoms with Crippen LogP contribution in [0.3, 0.4) is 0 Å². The van der Waals surface area contributed by atoms with E-state index in [4.69, 9.17) is 27.9 Å². The maximum absolute atomic E-state index is 13.2. The van der Waals surface area contributed by atoms with E-state index in [9.17, 15) is 14.0 Å². The Morgan fingerprint density at radius 3 is 2.14 bits per heavy atom. The summed E-state index contributed by atoms with van der Waals surface area (Å²) in [5, 5.41) is 0.662. The SMILES string of the molecule is CC(C)(Oc1ccc(Cl)cc1)C(=O)N1CCN(C(=O)c2ccc(F)cc2Cl)CC1. The quantitative estimate of drug-likeness (QED) is 0.715. The first-order valence-electron chi connectivity index (χ1n) is 9.15. The molecule has 1 saturated heterocycles. The molecule has 0 N–H and O–H groups in total. The Morgan fingerprint density at radius 1 is 0.966 bits per heavy atom. The molecule has 0 spiro atoms. The van der Waals surface area contributed by atoms with Crippen molar-refractivity contribution in [3.8, 4) is 5.75 Å². The zero-order valence-corrected chi connectivity index (χ0v) is 17.6. The molecule has 0 aliphatic carbocycles. The van der Waals surface area contributed by atoms with Crippen molar-refractivity contribution in [3.05, 3.63) is 63.9 Å². The van der Waals surface area contributed by atoms with Crippen LogP contribution in [-0.4, -0.2) is 53.4 Å². The molecule has 29 heavy (non-hydrogen) atoms. The van der Waals surface area contributed by atoms with Crippen molar-refractivity contribution >= 4 is 35.0 Å². The first-order valence-corrected chi connectivity index (χ1v) is 9.91. The second-order valence-electron chi connectivity index (χ2n) is 7.27. The summed E-state index contributed by atoms with van der Waals surface area (Å²) in [5.74, 6) is -0.393. The molecule has 1 aliphatic heterocycles. The molecule has 3 rings (SSSR count). The number of halogens is 3. The largest absolute Gasteiger partial charge is 0.478 e. The highest BCUT2D eigenvalue weighted by molar-refractivity contribution is 6.33. The summed E-state index contributed by atoms with van der Waals surface area (Å²) in [6, 6.07) is 10.5. The third-order valence-corrected chi connectivity index (χ3v) is 5.28. The molecular formula is C21H21Cl2FN2O3. The first-order chi connectivity index (χ1) is 13.7. The Hall–Kier alpha value is -2.31. The average Bonchev–Trinajstić information content (AvgIpc) is 2.69. The minimum Gasteiger partial charge on any atom is -0.478 e. The summed E-state index contributed by atoms with van der Waals surface area (Å²) >= 11 is 11.9. The lowest BCUT2D eigenvalue weighted by molar-refractivity contribution is -0.147. The number of carbonyl (C=O) groups excluding carboxylic acids is 2. The fourth-order valence-corrected chi connectivity index (χ4v) is 3.54. The highest BCUT2D eigenvalue weighted by atomic mass is 35.5. The molecule has 2 aromatic rings. The number of ether oxygens (including phenoxy) is 1. The highest BCUT2D eigenvalue weighted by Crippen LogP contribution is 2.24. The van der Waals surface area contributed by atoms with Crippen LogP contribution in [-0.2, 0) is 4.79 Å². The molecule has 0 radical (unpaired) electrons. The Kier molecular flexibility index (Phi) is 6.34. The first kappa shape index (κ1) is 21.4. The number of amides is 2. The van der Waals surface area contributed by atoms with Crippen LogP contribution < -0.4 is 4.74 Å². The summed E-state index contributed by atoms with van der Waals surface area (Å²) in [6.07, 6.45) is 0. The molecule has 2 aromatic carbocycles. The molecular weight excluding hydrogens is 418 g/mol. The normalized spacial score (nSPS) is 14.7. The van der Waals surface area contributed by atoms with Gasteiger partial charge < -0.3 is 14.5 Å². The Morgan fingerprint density at radius 2 is 1.55 bits per heavy atom. The monoisotopic (exact) mass is 438 g/mol. The molecule has 1 heterocycles. The Balaban J connectivity index is 1.61. The number of carbonyl (C=O) groups is 2. The van der Waals surface area contributed by atoms with Gasteiger partial charge in [0.1, 0.15) is 11.6 Å². The minimum absolute atomic E-state index is 0.0750. The van der Waals surface area contributed by atoms with Crippen molar-refractivity contribution in [1.29, 1.82) is 0 Å². The van der Waals surface area contributed by atoms with Crippen LogP contribution in [0.2, 0.25) is 10.0 Å². The fourth-order valence-electron chi connectivity index (χ4n) is 3.17. The molecule has 0 atom stereocenters. The third-order valence-electron chi connectivity index (χ3n) is 4.72. The van der Waals surface area contributed by atoms with Gasteiger partial charge in [-0.1, -0.05) is 23.2 Å². The molecule has 8 heteroatoms. The number of benzene rings is 2. The molecule has 154 valence electrons. The maximum Gasteiger partial charge on any atom is 0.266 e. The summed E-state index contributed by atoms with van der Waals surface area (Å²) < 4.78 is 19.1. The lowest BCUT2D eigenvalue weighted by atomic mass is 10.1. The van der Waals surface area contributed by atoms with E-state index in [-0.39, 0.29) is 22.4 Å². The second-order valence-corrected chi connectivity index (χ2v) is 8.12. The molecule has 0 aromatic heterocycles. The van der Waals surface area contributed by atoms with Crippen molar-refractivity contribution in [1.82, 2.24) is 9.80 Å². The van der Waals surface area contributed by atoms with Crippen molar-refractivity contribution in [2.24, 2.45) is 0 Å². The van der Waals surface area contributed by atoms with Crippen LogP contribution in [0, 0.1) is 5.82 Å². The predicted molar refractivity (Wildman–Crippen MR) is 110 cm³/mol. The van der Waals surface area contributed by atoms with E-state index in [2.05, 4.69) is 0 Å². The van der Waals surface area contributed by atoms with Crippen LogP contribution in [0.25, 0.3) is 0 Å². The lowest BCUT2D eigenvalue weighted by Crippen LogP contribution is -2.56. The van der Waals surface area contributed by atoms with Gasteiger partial charge in [-0.3, -0.25) is 9.59 Å². The topological polar surface area (TPSA) is 49.9 Å². The number of hydrogen-bond donors (Lipinski definition) is 0. The minimum atomic E-state index is -1.07. The number of nitrogens with zero attached hydrogens (tertiary/aromatic N) is 2. The van der Waals surface area contributed by atoms with E-state index >= 15 is 0 Å². The van der Waals surface area contributed by atoms with E-state index < -0.39 is 11.4 Å². The summed E-state index contributed by atoms with van der Waals surface area (Å²) in [5.41, 5.74) is -0.820. The molecule has 0 bridgehead atoms. The average molecular weight is 439 g/mol. The van der Waals surface area contributed by atoms with Crippen molar-refractivity contribution < 1.29 is 18.7 Å². The van der Waals surface area contributed by atoms with Gasteiger partial charge in [0.25, 0.3) is 11.8 Å². The van der Waals surface area contributed by atoms with Gasteiger partial charge in [-0.25, -0.2) is 4.39 Å². The van der Waals surface area contributed by atoms with E-state index in [1.807, 2.05) is 0 Å². The zero-order chi connectivity index (χ0) is 21.2. The van der Waals surface area contributed by atoms with Gasteiger partial charge in [-0.05, 0) is 56.3 Å². The standard InChI is InChI=1S/C21H21Cl2FN2O3/c1-21(2,29-16-6-3-14(22)4-7-16)20(28)26-11-9-25(10-12-26)19(27)17-8-5-15(24)13-18(17)23/h3-8,13H,9-12H2,1-2H3. The van der Waals surface area contributed by atoms with Crippen LogP contribution in [0.15, 0.2) is 42.5 Å². The summed E-state index contributed by atoms with van der Waals surface area (Å²) in [6.45, 7) is 4.87. The number of rotatable bonds is 4. The predicted octanol–water partition coefficient (Wildman–Crippen LogP) is 4.27. The van der Waals surface area contributed by atoms with E-state index in [1.54, 1.807) is 47.9 Å². The molecule has 0 unspecified atom stereocenters. The van der Waals surface area contributed by atoms with E-state index in [1.165, 1.54) is 12.1 Å². The van der Waals surface area contributed by atoms with Gasteiger partial charge >= 0.3 is 0 Å². The van der Waals surface area contributed by atoms with Gasteiger partial charge in [-0.2, -0.15) is 0 Å². The van der Waals surface area contributed by atoms with Crippen molar-refractivity contribution in [2.45, 2.75) is 19.4 Å². The Labute approximate surface area is 178 Å². The maximum atomic E-state index is 13.2. The summed E-state index contributed by atoms with van der Waals surface area (Å²) in [4.78, 5) is 28.9. The molecule has 5 nitrogen and oxygen atoms in total. The van der Waals surface area contributed by atoms with Gasteiger partial charge in [0, 0.05) is 31.2 Å². The van der Waals surface area contributed by atoms with Crippen LogP contribution in [0.5, 0.6) is 5.75 Å². The number of piperazine rings is 1. The number of hydrogen-bond acceptors (Lipinski definition) is 3. The summed E-state index contributed by atoms with van der Waals surface area (Å²) in [7, 11) is 0. The van der Waals surface area contributed by atoms with Crippen molar-refractivity contribution in [3.63, 3.8) is 0 Å². The van der Waals surface area contributed by atoms with E-state index in [0.29, 0.717) is 37.0 Å². The zero-order valence-electron chi connectivity index (χ0n) is 16.1. The van der Waals surface area contributed by atoms with Gasteiger partial charge in [0.15, 0.2) is 5.60 Å². The van der Waals surface area contributed by atoms with E-state index in [0.717, 1.165) is 6.07 Å². The van der Waals surface area contributed by atoms with Gasteiger partial charge in [0.2, 0.25) is 0 Å². The molecule has 2 amide bonds. The lowest BCUT2D eigenvalue weighted by Gasteiger charge is -2.38. The second kappa shape index (κ2) is 8.59. The molecule has 1 fully saturated rings.